The Morgan fingerprint density at radius 3 is 2.94 bits per heavy atom. The Morgan fingerprint density at radius 2 is 2.31 bits per heavy atom. The Kier molecular flexibility index (Phi) is 3.51. The number of rotatable bonds is 4. The topological polar surface area (TPSA) is 60.2 Å². The van der Waals surface area contributed by atoms with Crippen molar-refractivity contribution >= 4 is 11.3 Å². The second-order valence-electron chi connectivity index (χ2n) is 3.21. The van der Waals surface area contributed by atoms with E-state index in [1.807, 2.05) is 29.6 Å². The van der Waals surface area contributed by atoms with Crippen molar-refractivity contribution < 1.29 is 4.74 Å². The second-order valence-corrected chi connectivity index (χ2v) is 4.19. The molecular formula is C11H13N3OS. The Morgan fingerprint density at radius 1 is 1.44 bits per heavy atom. The molecule has 5 heteroatoms. The molecule has 1 unspecified atom stereocenters. The van der Waals surface area contributed by atoms with Crippen molar-refractivity contribution in [3.05, 3.63) is 46.4 Å². The van der Waals surface area contributed by atoms with E-state index in [4.69, 9.17) is 10.6 Å². The minimum atomic E-state index is -0.129. The van der Waals surface area contributed by atoms with Gasteiger partial charge in [0.15, 0.2) is 0 Å². The quantitative estimate of drug-likeness (QED) is 0.625. The highest BCUT2D eigenvalue weighted by Crippen LogP contribution is 2.29. The van der Waals surface area contributed by atoms with E-state index in [1.165, 1.54) is 0 Å². The fraction of sp³-hybridized carbons (Fsp3) is 0.182. The first-order chi connectivity index (χ1) is 7.86. The molecule has 2 rings (SSSR count). The van der Waals surface area contributed by atoms with E-state index >= 15 is 0 Å². The van der Waals surface area contributed by atoms with Gasteiger partial charge >= 0.3 is 0 Å². The number of pyridine rings is 1. The summed E-state index contributed by atoms with van der Waals surface area (Å²) in [6.45, 7) is 0. The molecule has 0 aliphatic heterocycles. The lowest BCUT2D eigenvalue weighted by Gasteiger charge is -2.16. The summed E-state index contributed by atoms with van der Waals surface area (Å²) < 4.78 is 5.27. The summed E-state index contributed by atoms with van der Waals surface area (Å²) in [6, 6.07) is 7.59. The molecule has 0 amide bonds. The number of nitrogens with two attached hydrogens (primary N) is 1. The fourth-order valence-electron chi connectivity index (χ4n) is 1.54. The maximum absolute atomic E-state index is 5.58. The van der Waals surface area contributed by atoms with Crippen LogP contribution in [-0.4, -0.2) is 12.1 Å². The number of thiophene rings is 1. The van der Waals surface area contributed by atoms with Gasteiger partial charge in [0.1, 0.15) is 17.5 Å². The van der Waals surface area contributed by atoms with Crippen molar-refractivity contribution in [2.24, 2.45) is 5.84 Å². The first kappa shape index (κ1) is 11.1. The van der Waals surface area contributed by atoms with Crippen LogP contribution < -0.4 is 16.0 Å². The van der Waals surface area contributed by atoms with Gasteiger partial charge in [-0.3, -0.25) is 10.8 Å². The Hall–Kier alpha value is -1.43. The van der Waals surface area contributed by atoms with Crippen LogP contribution in [0.25, 0.3) is 0 Å². The Balaban J connectivity index is 2.41. The van der Waals surface area contributed by atoms with Crippen LogP contribution in [-0.2, 0) is 0 Å². The molecule has 0 bridgehead atoms. The van der Waals surface area contributed by atoms with Crippen LogP contribution in [0.1, 0.15) is 16.6 Å². The number of methoxy groups -OCH3 is 1. The molecule has 2 heterocycles. The summed E-state index contributed by atoms with van der Waals surface area (Å²) in [5.74, 6) is 6.32. The molecule has 2 aromatic rings. The smallest absolute Gasteiger partial charge is 0.142 e. The third-order valence-corrected chi connectivity index (χ3v) is 3.22. The van der Waals surface area contributed by atoms with Gasteiger partial charge in [-0.25, -0.2) is 5.43 Å². The summed E-state index contributed by atoms with van der Waals surface area (Å²) in [4.78, 5) is 5.43. The lowest BCUT2D eigenvalue weighted by atomic mass is 10.1. The van der Waals surface area contributed by atoms with Gasteiger partial charge in [0.25, 0.3) is 0 Å². The van der Waals surface area contributed by atoms with Crippen LogP contribution in [0.15, 0.2) is 35.8 Å². The minimum absolute atomic E-state index is 0.129. The van der Waals surface area contributed by atoms with Gasteiger partial charge in [-0.1, -0.05) is 6.07 Å². The number of hydrazine groups is 1. The summed E-state index contributed by atoms with van der Waals surface area (Å²) >= 11 is 1.63. The lowest BCUT2D eigenvalue weighted by Crippen LogP contribution is -2.29. The van der Waals surface area contributed by atoms with Gasteiger partial charge in [0.2, 0.25) is 0 Å². The third kappa shape index (κ3) is 2.06. The van der Waals surface area contributed by atoms with Crippen molar-refractivity contribution in [1.82, 2.24) is 10.4 Å². The highest BCUT2D eigenvalue weighted by molar-refractivity contribution is 7.10. The van der Waals surface area contributed by atoms with Gasteiger partial charge in [-0.15, -0.1) is 11.3 Å². The highest BCUT2D eigenvalue weighted by Gasteiger charge is 2.18. The first-order valence-electron chi connectivity index (χ1n) is 4.85. The van der Waals surface area contributed by atoms with Crippen LogP contribution in [0.5, 0.6) is 5.75 Å². The Labute approximate surface area is 98.1 Å². The molecule has 0 saturated heterocycles. The molecule has 0 fully saturated rings. The molecule has 2 aromatic heterocycles. The lowest BCUT2D eigenvalue weighted by molar-refractivity contribution is 0.401. The monoisotopic (exact) mass is 235 g/mol. The molecule has 0 spiro atoms. The van der Waals surface area contributed by atoms with Crippen molar-refractivity contribution in [2.45, 2.75) is 6.04 Å². The molecule has 0 aliphatic carbocycles. The molecular weight excluding hydrogens is 222 g/mol. The SMILES string of the molecule is COc1cccnc1C(NN)c1cccs1. The van der Waals surface area contributed by atoms with Crippen LogP contribution in [0.4, 0.5) is 0 Å². The number of hydrogen-bond acceptors (Lipinski definition) is 5. The summed E-state index contributed by atoms with van der Waals surface area (Å²) in [7, 11) is 1.63. The average molecular weight is 235 g/mol. The average Bonchev–Trinajstić information content (AvgIpc) is 2.84. The van der Waals surface area contributed by atoms with E-state index in [0.717, 1.165) is 16.3 Å². The van der Waals surface area contributed by atoms with Gasteiger partial charge in [-0.05, 0) is 23.6 Å². The second kappa shape index (κ2) is 5.07. The van der Waals surface area contributed by atoms with E-state index in [-0.39, 0.29) is 6.04 Å². The largest absolute Gasteiger partial charge is 0.495 e. The van der Waals surface area contributed by atoms with Gasteiger partial charge in [-0.2, -0.15) is 0 Å². The molecule has 3 N–H and O–H groups in total. The Bertz CT molecular complexity index is 444. The third-order valence-electron chi connectivity index (χ3n) is 2.29. The van der Waals surface area contributed by atoms with Crippen LogP contribution >= 0.6 is 11.3 Å². The molecule has 0 aromatic carbocycles. The predicted molar refractivity (Wildman–Crippen MR) is 64.3 cm³/mol. The van der Waals surface area contributed by atoms with E-state index in [2.05, 4.69) is 10.4 Å². The van der Waals surface area contributed by atoms with Crippen LogP contribution in [0.2, 0.25) is 0 Å². The van der Waals surface area contributed by atoms with Crippen LogP contribution in [0, 0.1) is 0 Å². The predicted octanol–water partition coefficient (Wildman–Crippen LogP) is 1.70. The maximum atomic E-state index is 5.58. The number of aromatic nitrogens is 1. The molecule has 0 saturated carbocycles. The maximum Gasteiger partial charge on any atom is 0.142 e. The van der Waals surface area contributed by atoms with E-state index < -0.39 is 0 Å². The standard InChI is InChI=1S/C11H13N3OS/c1-15-8-4-2-6-13-10(8)11(14-12)9-5-3-7-16-9/h2-7,11,14H,12H2,1H3. The summed E-state index contributed by atoms with van der Waals surface area (Å²) in [5, 5.41) is 2.01. The van der Waals surface area contributed by atoms with E-state index in [1.54, 1.807) is 24.6 Å². The van der Waals surface area contributed by atoms with Crippen molar-refractivity contribution in [3.8, 4) is 5.75 Å². The minimum Gasteiger partial charge on any atom is -0.495 e. The van der Waals surface area contributed by atoms with Crippen molar-refractivity contribution in [1.29, 1.82) is 0 Å². The van der Waals surface area contributed by atoms with Crippen LogP contribution in [0.3, 0.4) is 0 Å². The number of nitrogens with zero attached hydrogens (tertiary/aromatic N) is 1. The summed E-state index contributed by atoms with van der Waals surface area (Å²) in [6.07, 6.45) is 1.73. The van der Waals surface area contributed by atoms with Gasteiger partial charge in [0.05, 0.1) is 7.11 Å². The zero-order valence-corrected chi connectivity index (χ0v) is 9.70. The normalized spacial score (nSPS) is 12.4. The number of nitrogens with one attached hydrogen (secondary N) is 1. The van der Waals surface area contributed by atoms with Gasteiger partial charge < -0.3 is 4.74 Å². The molecule has 1 atom stereocenters. The molecule has 0 aliphatic rings. The zero-order valence-electron chi connectivity index (χ0n) is 8.88. The molecule has 84 valence electrons. The highest BCUT2D eigenvalue weighted by atomic mass is 32.1. The van der Waals surface area contributed by atoms with Crippen molar-refractivity contribution in [3.63, 3.8) is 0 Å². The summed E-state index contributed by atoms with van der Waals surface area (Å²) in [5.41, 5.74) is 3.56. The molecule has 4 nitrogen and oxygen atoms in total. The zero-order chi connectivity index (χ0) is 11.4. The molecule has 16 heavy (non-hydrogen) atoms. The fourth-order valence-corrected chi connectivity index (χ4v) is 2.33. The van der Waals surface area contributed by atoms with E-state index in [0.29, 0.717) is 0 Å². The van der Waals surface area contributed by atoms with Crippen molar-refractivity contribution in [2.75, 3.05) is 7.11 Å². The first-order valence-corrected chi connectivity index (χ1v) is 5.73. The van der Waals surface area contributed by atoms with Gasteiger partial charge in [0, 0.05) is 11.1 Å². The number of ether oxygens (including phenoxy) is 1. The number of hydrogen-bond donors (Lipinski definition) is 2. The molecule has 0 radical (unpaired) electrons. The van der Waals surface area contributed by atoms with E-state index in [9.17, 15) is 0 Å².